The van der Waals surface area contributed by atoms with Gasteiger partial charge in [-0.1, -0.05) is 6.07 Å². The van der Waals surface area contributed by atoms with Crippen molar-refractivity contribution in [2.24, 2.45) is 0 Å². The van der Waals surface area contributed by atoms with Crippen molar-refractivity contribution >= 4 is 17.6 Å². The molecular weight excluding hydrogens is 261 g/mol. The predicted octanol–water partition coefficient (Wildman–Crippen LogP) is 1.70. The van der Waals surface area contributed by atoms with E-state index in [0.717, 1.165) is 5.56 Å². The summed E-state index contributed by atoms with van der Waals surface area (Å²) < 4.78 is 22.7. The first-order valence-electron chi connectivity index (χ1n) is 5.33. The molecule has 0 aliphatic carbocycles. The lowest BCUT2D eigenvalue weighted by atomic mass is 10.2. The Kier molecular flexibility index (Phi) is 5.88. The summed E-state index contributed by atoms with van der Waals surface area (Å²) >= 11 is 5.75. The van der Waals surface area contributed by atoms with Crippen molar-refractivity contribution in [2.45, 2.75) is 11.9 Å². The standard InChI is InChI=1S/C12H15ClFNO3/c1-17-11-4-3-8(5-10(11)14)6-15-7-9(13)12(16)18-2/h3-5,9,15H,6-7H2,1-2H3. The molecule has 0 heterocycles. The first-order valence-corrected chi connectivity index (χ1v) is 5.77. The Morgan fingerprint density at radius 2 is 2.22 bits per heavy atom. The van der Waals surface area contributed by atoms with Crippen LogP contribution in [0.1, 0.15) is 5.56 Å². The molecule has 0 fully saturated rings. The van der Waals surface area contributed by atoms with E-state index < -0.39 is 17.2 Å². The molecule has 4 nitrogen and oxygen atoms in total. The molecule has 1 unspecified atom stereocenters. The highest BCUT2D eigenvalue weighted by molar-refractivity contribution is 6.30. The molecule has 0 aliphatic heterocycles. The maximum atomic E-state index is 13.4. The highest BCUT2D eigenvalue weighted by atomic mass is 35.5. The van der Waals surface area contributed by atoms with Crippen molar-refractivity contribution in [2.75, 3.05) is 20.8 Å². The van der Waals surface area contributed by atoms with Gasteiger partial charge in [-0.25, -0.2) is 4.39 Å². The van der Waals surface area contributed by atoms with Gasteiger partial charge in [-0.05, 0) is 17.7 Å². The lowest BCUT2D eigenvalue weighted by Gasteiger charge is -2.09. The van der Waals surface area contributed by atoms with Crippen molar-refractivity contribution in [3.8, 4) is 5.75 Å². The van der Waals surface area contributed by atoms with E-state index in [2.05, 4.69) is 10.1 Å². The number of halogens is 2. The average Bonchev–Trinajstić information content (AvgIpc) is 2.37. The Morgan fingerprint density at radius 3 is 2.78 bits per heavy atom. The van der Waals surface area contributed by atoms with Gasteiger partial charge in [0, 0.05) is 13.1 Å². The van der Waals surface area contributed by atoms with Crippen LogP contribution >= 0.6 is 11.6 Å². The first-order chi connectivity index (χ1) is 8.58. The quantitative estimate of drug-likeness (QED) is 0.634. The summed E-state index contributed by atoms with van der Waals surface area (Å²) in [4.78, 5) is 11.0. The summed E-state index contributed by atoms with van der Waals surface area (Å²) in [6.07, 6.45) is 0. The second kappa shape index (κ2) is 7.18. The summed E-state index contributed by atoms with van der Waals surface area (Å²) in [5, 5.41) is 2.19. The maximum absolute atomic E-state index is 13.4. The summed E-state index contributed by atoms with van der Waals surface area (Å²) in [6, 6.07) is 4.65. The van der Waals surface area contributed by atoms with Crippen molar-refractivity contribution in [3.05, 3.63) is 29.6 Å². The SMILES string of the molecule is COC(=O)C(Cl)CNCc1ccc(OC)c(F)c1. The van der Waals surface area contributed by atoms with Gasteiger partial charge in [-0.2, -0.15) is 0 Å². The van der Waals surface area contributed by atoms with Crippen LogP contribution in [0, 0.1) is 5.82 Å². The largest absolute Gasteiger partial charge is 0.494 e. The highest BCUT2D eigenvalue weighted by Crippen LogP contribution is 2.17. The molecule has 1 aromatic rings. The van der Waals surface area contributed by atoms with Gasteiger partial charge in [0.1, 0.15) is 5.38 Å². The lowest BCUT2D eigenvalue weighted by Crippen LogP contribution is -2.29. The van der Waals surface area contributed by atoms with Gasteiger partial charge in [0.2, 0.25) is 0 Å². The molecular formula is C12H15ClFNO3. The third-order valence-corrected chi connectivity index (χ3v) is 2.66. The smallest absolute Gasteiger partial charge is 0.325 e. The molecule has 0 radical (unpaired) electrons. The van der Waals surface area contributed by atoms with E-state index in [1.807, 2.05) is 0 Å². The fourth-order valence-electron chi connectivity index (χ4n) is 1.37. The molecule has 0 saturated carbocycles. The number of hydrogen-bond acceptors (Lipinski definition) is 4. The molecule has 18 heavy (non-hydrogen) atoms. The molecule has 0 saturated heterocycles. The summed E-state index contributed by atoms with van der Waals surface area (Å²) in [7, 11) is 2.68. The van der Waals surface area contributed by atoms with E-state index in [9.17, 15) is 9.18 Å². The number of hydrogen-bond donors (Lipinski definition) is 1. The van der Waals surface area contributed by atoms with Crippen LogP contribution < -0.4 is 10.1 Å². The van der Waals surface area contributed by atoms with Gasteiger partial charge in [-0.15, -0.1) is 11.6 Å². The number of carbonyl (C=O) groups is 1. The Labute approximate surface area is 110 Å². The lowest BCUT2D eigenvalue weighted by molar-refractivity contribution is -0.140. The van der Waals surface area contributed by atoms with Gasteiger partial charge >= 0.3 is 5.97 Å². The molecule has 0 amide bonds. The minimum Gasteiger partial charge on any atom is -0.494 e. The van der Waals surface area contributed by atoms with Gasteiger partial charge in [0.05, 0.1) is 14.2 Å². The fourth-order valence-corrected chi connectivity index (χ4v) is 1.57. The van der Waals surface area contributed by atoms with Crippen LogP contribution in [-0.4, -0.2) is 32.1 Å². The van der Waals surface area contributed by atoms with Crippen LogP contribution in [0.3, 0.4) is 0 Å². The van der Waals surface area contributed by atoms with Gasteiger partial charge in [0.15, 0.2) is 11.6 Å². The zero-order valence-corrected chi connectivity index (χ0v) is 11.0. The first kappa shape index (κ1) is 14.7. The second-order valence-corrected chi connectivity index (χ2v) is 4.12. The number of ether oxygens (including phenoxy) is 2. The molecule has 6 heteroatoms. The maximum Gasteiger partial charge on any atom is 0.325 e. The third-order valence-electron chi connectivity index (χ3n) is 2.33. The van der Waals surface area contributed by atoms with E-state index >= 15 is 0 Å². The number of benzene rings is 1. The van der Waals surface area contributed by atoms with Crippen LogP contribution in [0.4, 0.5) is 4.39 Å². The molecule has 0 aromatic heterocycles. The normalized spacial score (nSPS) is 12.0. The van der Waals surface area contributed by atoms with Crippen LogP contribution in [0.25, 0.3) is 0 Å². The monoisotopic (exact) mass is 275 g/mol. The van der Waals surface area contributed by atoms with Crippen molar-refractivity contribution in [3.63, 3.8) is 0 Å². The van der Waals surface area contributed by atoms with Crippen LogP contribution in [0.15, 0.2) is 18.2 Å². The van der Waals surface area contributed by atoms with Crippen LogP contribution in [-0.2, 0) is 16.1 Å². The number of carbonyl (C=O) groups excluding carboxylic acids is 1. The van der Waals surface area contributed by atoms with Gasteiger partial charge < -0.3 is 14.8 Å². The van der Waals surface area contributed by atoms with E-state index in [1.165, 1.54) is 20.3 Å². The number of esters is 1. The zero-order chi connectivity index (χ0) is 13.5. The zero-order valence-electron chi connectivity index (χ0n) is 10.2. The second-order valence-electron chi connectivity index (χ2n) is 3.59. The van der Waals surface area contributed by atoms with E-state index in [4.69, 9.17) is 16.3 Å². The third kappa shape index (κ3) is 4.16. The molecule has 0 aliphatic rings. The fraction of sp³-hybridized carbons (Fsp3) is 0.417. The van der Waals surface area contributed by atoms with E-state index in [1.54, 1.807) is 12.1 Å². The molecule has 0 bridgehead atoms. The van der Waals surface area contributed by atoms with Gasteiger partial charge in [0.25, 0.3) is 0 Å². The number of rotatable bonds is 6. The van der Waals surface area contributed by atoms with Crippen molar-refractivity contribution in [1.29, 1.82) is 0 Å². The van der Waals surface area contributed by atoms with E-state index in [0.29, 0.717) is 6.54 Å². The van der Waals surface area contributed by atoms with Crippen LogP contribution in [0.2, 0.25) is 0 Å². The van der Waals surface area contributed by atoms with Crippen molar-refractivity contribution < 1.29 is 18.7 Å². The van der Waals surface area contributed by atoms with Crippen molar-refractivity contribution in [1.82, 2.24) is 5.32 Å². The average molecular weight is 276 g/mol. The highest BCUT2D eigenvalue weighted by Gasteiger charge is 2.14. The minimum atomic E-state index is -0.752. The summed E-state index contributed by atoms with van der Waals surface area (Å²) in [5.41, 5.74) is 0.738. The summed E-state index contributed by atoms with van der Waals surface area (Å²) in [5.74, 6) is -0.721. The van der Waals surface area contributed by atoms with E-state index in [-0.39, 0.29) is 12.3 Å². The number of methoxy groups -OCH3 is 2. The molecule has 1 aromatic carbocycles. The Morgan fingerprint density at radius 1 is 1.50 bits per heavy atom. The topological polar surface area (TPSA) is 47.6 Å². The number of alkyl halides is 1. The summed E-state index contributed by atoms with van der Waals surface area (Å²) in [6.45, 7) is 0.656. The molecule has 1 N–H and O–H groups in total. The Bertz CT molecular complexity index is 414. The Hall–Kier alpha value is -1.33. The Balaban J connectivity index is 2.44. The van der Waals surface area contributed by atoms with Gasteiger partial charge in [-0.3, -0.25) is 4.79 Å². The number of nitrogens with one attached hydrogen (secondary N) is 1. The van der Waals surface area contributed by atoms with Crippen LogP contribution in [0.5, 0.6) is 5.75 Å². The molecule has 1 rings (SSSR count). The minimum absolute atomic E-state index is 0.198. The predicted molar refractivity (Wildman–Crippen MR) is 66.3 cm³/mol. The molecule has 1 atom stereocenters. The molecule has 100 valence electrons. The molecule has 0 spiro atoms.